The maximum Gasteiger partial charge on any atom is 0.422 e. The van der Waals surface area contributed by atoms with Gasteiger partial charge in [0.1, 0.15) is 20.9 Å². The molecule has 0 fully saturated rings. The molecule has 206 valence electrons. The molecule has 0 spiro atoms. The topological polar surface area (TPSA) is 100 Å². The van der Waals surface area contributed by atoms with E-state index >= 15 is 0 Å². The van der Waals surface area contributed by atoms with Crippen LogP contribution in [0.15, 0.2) is 66.2 Å². The van der Waals surface area contributed by atoms with Crippen molar-refractivity contribution >= 4 is 45.3 Å². The molecule has 0 saturated heterocycles. The summed E-state index contributed by atoms with van der Waals surface area (Å²) in [5.41, 5.74) is 8.08. The number of alkyl halides is 3. The van der Waals surface area contributed by atoms with Crippen molar-refractivity contribution in [1.29, 1.82) is 0 Å². The van der Waals surface area contributed by atoms with Crippen LogP contribution in [0.5, 0.6) is 5.19 Å². The number of benzene rings is 1. The third-order valence-corrected chi connectivity index (χ3v) is 7.84. The maximum atomic E-state index is 14.0. The number of ether oxygens (including phenoxy) is 1. The number of fused-ring (bicyclic) bond motifs is 1. The third-order valence-electron chi connectivity index (χ3n) is 5.89. The molecule has 0 unspecified atom stereocenters. The van der Waals surface area contributed by atoms with Gasteiger partial charge in [0.25, 0.3) is 10.8 Å². The molecule has 0 aliphatic carbocycles. The van der Waals surface area contributed by atoms with Crippen LogP contribution in [-0.4, -0.2) is 36.9 Å². The highest BCUT2D eigenvalue weighted by Crippen LogP contribution is 2.38. The fourth-order valence-electron chi connectivity index (χ4n) is 4.13. The summed E-state index contributed by atoms with van der Waals surface area (Å²) in [5, 5.41) is 4.53. The Kier molecular flexibility index (Phi) is 7.39. The van der Waals surface area contributed by atoms with E-state index in [4.69, 9.17) is 20.6 Å². The Morgan fingerprint density at radius 1 is 1.23 bits per heavy atom. The molecule has 0 aliphatic rings. The van der Waals surface area contributed by atoms with Crippen molar-refractivity contribution in [2.75, 3.05) is 6.61 Å². The van der Waals surface area contributed by atoms with Gasteiger partial charge in [-0.05, 0) is 47.2 Å². The minimum Gasteiger partial charge on any atom is -0.460 e. The third kappa shape index (κ3) is 5.32. The summed E-state index contributed by atoms with van der Waals surface area (Å²) >= 11 is 2.92. The van der Waals surface area contributed by atoms with Crippen LogP contribution in [-0.2, 0) is 0 Å². The van der Waals surface area contributed by atoms with Gasteiger partial charge in [0.05, 0.1) is 33.9 Å². The van der Waals surface area contributed by atoms with Gasteiger partial charge in [-0.2, -0.15) is 18.3 Å². The molecule has 8 nitrogen and oxygen atoms in total. The van der Waals surface area contributed by atoms with Crippen molar-refractivity contribution in [2.24, 2.45) is 5.73 Å². The first kappa shape index (κ1) is 27.8. The monoisotopic (exact) mass is 682 g/mol. The van der Waals surface area contributed by atoms with E-state index in [0.29, 0.717) is 31.1 Å². The lowest BCUT2D eigenvalue weighted by molar-refractivity contribution is -0.153. The number of nitrogens with zero attached hydrogens (tertiary/aromatic N) is 5. The van der Waals surface area contributed by atoms with Crippen molar-refractivity contribution in [3.63, 3.8) is 0 Å². The zero-order chi connectivity index (χ0) is 28.8. The molecule has 0 radical (unpaired) electrons. The Morgan fingerprint density at radius 3 is 2.62 bits per heavy atom. The molecule has 40 heavy (non-hydrogen) atoms. The van der Waals surface area contributed by atoms with Crippen LogP contribution in [0.4, 0.5) is 17.6 Å². The van der Waals surface area contributed by atoms with Gasteiger partial charge in [0.15, 0.2) is 6.61 Å². The molecule has 4 heterocycles. The van der Waals surface area contributed by atoms with Crippen LogP contribution in [0, 0.1) is 9.52 Å². The molecule has 1 atom stereocenters. The fraction of sp³-hybridized carbons (Fsp3) is 0.154. The normalized spacial score (nSPS) is 12.6. The number of pyridine rings is 1. The lowest BCUT2D eigenvalue weighted by atomic mass is 10.0. The zero-order valence-electron chi connectivity index (χ0n) is 20.6. The molecule has 5 aromatic rings. The molecule has 0 bridgehead atoms. The molecule has 2 N–H and O–H groups in total. The van der Waals surface area contributed by atoms with Crippen molar-refractivity contribution in [3.8, 4) is 26.9 Å². The highest BCUT2D eigenvalue weighted by atomic mass is 127. The summed E-state index contributed by atoms with van der Waals surface area (Å²) in [6, 6.07) is 10.9. The first-order chi connectivity index (χ1) is 18.9. The lowest BCUT2D eigenvalue weighted by Crippen LogP contribution is -2.24. The van der Waals surface area contributed by atoms with Gasteiger partial charge in [0.2, 0.25) is 0 Å². The van der Waals surface area contributed by atoms with E-state index in [2.05, 4.69) is 11.6 Å². The van der Waals surface area contributed by atoms with Crippen molar-refractivity contribution in [2.45, 2.75) is 19.1 Å². The molecule has 4 aromatic heterocycles. The predicted octanol–water partition coefficient (Wildman–Crippen LogP) is 5.91. The van der Waals surface area contributed by atoms with Gasteiger partial charge < -0.3 is 10.5 Å². The molecular weight excluding hydrogens is 663 g/mol. The summed E-state index contributed by atoms with van der Waals surface area (Å²) < 4.78 is 59.9. The van der Waals surface area contributed by atoms with Gasteiger partial charge in [-0.1, -0.05) is 48.2 Å². The number of hydrogen-bond acceptors (Lipinski definition) is 7. The molecule has 5 rings (SSSR count). The van der Waals surface area contributed by atoms with Crippen LogP contribution in [0.3, 0.4) is 0 Å². The molecule has 0 aliphatic heterocycles. The Morgan fingerprint density at radius 2 is 1.95 bits per heavy atom. The maximum absolute atomic E-state index is 14.0. The van der Waals surface area contributed by atoms with Gasteiger partial charge >= 0.3 is 6.18 Å². The molecule has 14 heteroatoms. The van der Waals surface area contributed by atoms with E-state index in [1.807, 2.05) is 28.7 Å². The van der Waals surface area contributed by atoms with Crippen LogP contribution in [0.2, 0.25) is 0 Å². The summed E-state index contributed by atoms with van der Waals surface area (Å²) in [4.78, 5) is 22.7. The number of thiazole rings is 1. The first-order valence-corrected chi connectivity index (χ1v) is 13.5. The fourth-order valence-corrected chi connectivity index (χ4v) is 6.01. The molecule has 0 saturated carbocycles. The second-order valence-electron chi connectivity index (χ2n) is 8.67. The number of halogens is 5. The quantitative estimate of drug-likeness (QED) is 0.170. The number of aromatic nitrogens is 5. The zero-order valence-corrected chi connectivity index (χ0v) is 23.6. The predicted molar refractivity (Wildman–Crippen MR) is 151 cm³/mol. The Bertz CT molecular complexity index is 1800. The van der Waals surface area contributed by atoms with E-state index in [1.165, 1.54) is 18.3 Å². The van der Waals surface area contributed by atoms with Gasteiger partial charge in [-0.3, -0.25) is 9.20 Å². The Hall–Kier alpha value is -3.79. The number of rotatable bonds is 7. The largest absolute Gasteiger partial charge is 0.460 e. The number of hydrogen-bond donors (Lipinski definition) is 1. The van der Waals surface area contributed by atoms with Crippen molar-refractivity contribution < 1.29 is 22.3 Å². The van der Waals surface area contributed by atoms with E-state index in [1.54, 1.807) is 35.9 Å². The van der Waals surface area contributed by atoms with Crippen molar-refractivity contribution in [1.82, 2.24) is 24.1 Å². The summed E-state index contributed by atoms with van der Waals surface area (Å²) in [5.74, 6) is -0.586. The average Bonchev–Trinajstić information content (AvgIpc) is 3.52. The van der Waals surface area contributed by atoms with Crippen LogP contribution in [0.25, 0.3) is 33.0 Å². The van der Waals surface area contributed by atoms with Crippen LogP contribution in [0.1, 0.15) is 24.2 Å². The van der Waals surface area contributed by atoms with E-state index < -0.39 is 30.2 Å². The molecular formula is C26H19F4IN6O2S. The van der Waals surface area contributed by atoms with Gasteiger partial charge in [0, 0.05) is 11.9 Å². The Balaban J connectivity index is 1.66. The molecule has 1 aromatic carbocycles. The van der Waals surface area contributed by atoms with Crippen LogP contribution >= 0.6 is 33.9 Å². The summed E-state index contributed by atoms with van der Waals surface area (Å²) in [6.07, 6.45) is -2.08. The number of nitrogens with two attached hydrogens (primary N) is 1. The first-order valence-electron chi connectivity index (χ1n) is 11.6. The molecule has 0 amide bonds. The van der Waals surface area contributed by atoms with Gasteiger partial charge in [-0.25, -0.2) is 19.0 Å². The van der Waals surface area contributed by atoms with Crippen LogP contribution < -0.4 is 16.0 Å². The minimum atomic E-state index is -4.51. The second kappa shape index (κ2) is 10.6. The summed E-state index contributed by atoms with van der Waals surface area (Å²) in [6.45, 7) is 4.16. The second-order valence-corrected chi connectivity index (χ2v) is 10.7. The lowest BCUT2D eigenvalue weighted by Gasteiger charge is -2.18. The summed E-state index contributed by atoms with van der Waals surface area (Å²) in [7, 11) is 0. The van der Waals surface area contributed by atoms with Crippen molar-refractivity contribution in [3.05, 3.63) is 92.6 Å². The Labute approximate surface area is 241 Å². The van der Waals surface area contributed by atoms with E-state index in [-0.39, 0.29) is 22.1 Å². The van der Waals surface area contributed by atoms with E-state index in [0.717, 1.165) is 21.9 Å². The standard InChI is InChI=1S/C26H19F4IN6O2S/c1-13(32)19-22(17-10-33-25(40-17)39-12-26(28,29)30)35-37(23(19)31)14(2)21-20(15-6-4-3-5-7-15)24(38)36-11-16(27)8-9-18(36)34-21/h3-11,14H,1,12,32H2,2H3/t14-/m1/s1. The SMILES string of the molecule is C=C(N)c1c(-c2cnc(OCC(F)(F)F)s2)nn([C@H](C)c2nc3ccc(F)cn3c(=O)c2-c2ccccc2)c1I. The minimum absolute atomic E-state index is 0.175. The van der Waals surface area contributed by atoms with Gasteiger partial charge in [-0.15, -0.1) is 0 Å². The smallest absolute Gasteiger partial charge is 0.422 e. The van der Waals surface area contributed by atoms with E-state index in [9.17, 15) is 22.4 Å². The average molecular weight is 682 g/mol. The highest BCUT2D eigenvalue weighted by molar-refractivity contribution is 14.1. The highest BCUT2D eigenvalue weighted by Gasteiger charge is 2.30.